The zero-order valence-electron chi connectivity index (χ0n) is 32.8. The third-order valence-corrected chi connectivity index (χ3v) is 11.9. The Bertz CT molecular complexity index is 1150. The van der Waals surface area contributed by atoms with Crippen LogP contribution in [0.4, 0.5) is 11.4 Å². The van der Waals surface area contributed by atoms with Crippen molar-refractivity contribution in [3.05, 3.63) is 84.3 Å². The van der Waals surface area contributed by atoms with Crippen LogP contribution in [0.15, 0.2) is 70.9 Å². The minimum atomic E-state index is -0.572. The number of hydrogen-bond acceptors (Lipinski definition) is 7. The van der Waals surface area contributed by atoms with Gasteiger partial charge in [0.1, 0.15) is 0 Å². The molecule has 2 N–H and O–H groups in total. The first-order chi connectivity index (χ1) is 24.8. The molecule has 2 aromatic carbocycles. The zero-order chi connectivity index (χ0) is 36.3. The number of benzene rings is 2. The van der Waals surface area contributed by atoms with Crippen molar-refractivity contribution in [1.82, 2.24) is 0 Å². The van der Waals surface area contributed by atoms with Crippen molar-refractivity contribution in [2.24, 2.45) is 22.0 Å². The van der Waals surface area contributed by atoms with Crippen molar-refractivity contribution in [1.29, 1.82) is 0 Å². The molecule has 296 valence electrons. The van der Waals surface area contributed by atoms with Crippen LogP contribution < -0.4 is 10.0 Å². The van der Waals surface area contributed by atoms with Crippen molar-refractivity contribution < 1.29 is 44.4 Å². The number of rotatable bonds is 14. The van der Waals surface area contributed by atoms with E-state index in [1.807, 2.05) is 83.1 Å². The van der Waals surface area contributed by atoms with E-state index in [0.29, 0.717) is 36.4 Å². The third-order valence-electron chi connectivity index (χ3n) is 10.6. The molecular weight excluding hydrogens is 760 g/mol. The molecule has 4 aliphatic rings. The summed E-state index contributed by atoms with van der Waals surface area (Å²) in [4.78, 5) is 0. The first-order valence-corrected chi connectivity index (χ1v) is 20.9. The van der Waals surface area contributed by atoms with Crippen molar-refractivity contribution in [2.75, 3.05) is 34.6 Å². The molecule has 4 aliphatic carbocycles. The molecular formula is C44H66Fe2N4O2S. The molecule has 0 spiro atoms. The average molecular weight is 827 g/mol. The molecule has 4 unspecified atom stereocenters. The van der Waals surface area contributed by atoms with Crippen LogP contribution in [0.25, 0.3) is 0 Å². The van der Waals surface area contributed by atoms with E-state index in [1.165, 1.54) is 88.9 Å². The summed E-state index contributed by atoms with van der Waals surface area (Å²) in [7, 11) is 0. The second-order valence-electron chi connectivity index (χ2n) is 15.2. The zero-order valence-corrected chi connectivity index (χ0v) is 35.8. The van der Waals surface area contributed by atoms with Gasteiger partial charge in [0.25, 0.3) is 0 Å². The quantitative estimate of drug-likeness (QED) is 0.0859. The van der Waals surface area contributed by atoms with Gasteiger partial charge in [-0.2, -0.15) is 88.2 Å². The standard InChI is InChI=1S/C32H44N4O2S.2C6H11.2Fe/c1-25-11-9-13-27(25)19-33-35(29-15-5-3-6-16-29)21-31(37)23-39-24-32(38)22-36(30-17-7-4-8-18-30)34-20-28-14-10-12-26(28)2;2*1-6-4-2-3-5-6;;/h3-8,15-20,27-28,31-32,37-38H,9-14,21-24H2,1-2H3;2*2-5H2,1H3;;/q-2;2*-1;2*+2/b33-19+,34-20+;;;;. The summed E-state index contributed by atoms with van der Waals surface area (Å²) in [6.45, 7) is 9.76. The van der Waals surface area contributed by atoms with Gasteiger partial charge in [-0.25, -0.2) is 0 Å². The van der Waals surface area contributed by atoms with Crippen LogP contribution in [-0.4, -0.2) is 59.4 Å². The van der Waals surface area contributed by atoms with Gasteiger partial charge in [0.2, 0.25) is 0 Å². The van der Waals surface area contributed by atoms with Gasteiger partial charge in [0.05, 0.1) is 36.7 Å². The molecule has 2 aromatic rings. The molecule has 6 nitrogen and oxygen atoms in total. The Balaban J connectivity index is 0.000000586. The predicted molar refractivity (Wildman–Crippen MR) is 221 cm³/mol. The van der Waals surface area contributed by atoms with Gasteiger partial charge in [0.15, 0.2) is 0 Å². The second kappa shape index (κ2) is 27.3. The Labute approximate surface area is 348 Å². The molecule has 4 atom stereocenters. The minimum Gasteiger partial charge on any atom is -0.390 e. The molecule has 0 bridgehead atoms. The van der Waals surface area contributed by atoms with Gasteiger partial charge in [0, 0.05) is 11.5 Å². The number of nitrogens with zero attached hydrogens (tertiary/aromatic N) is 4. The van der Waals surface area contributed by atoms with E-state index in [9.17, 15) is 10.2 Å². The number of thioether (sulfide) groups is 1. The van der Waals surface area contributed by atoms with Crippen LogP contribution in [-0.2, 0) is 34.1 Å². The summed E-state index contributed by atoms with van der Waals surface area (Å²) in [6, 6.07) is 20.1. The Kier molecular flexibility index (Phi) is 24.7. The molecule has 53 heavy (non-hydrogen) atoms. The van der Waals surface area contributed by atoms with Crippen LogP contribution in [0, 0.1) is 35.5 Å². The maximum Gasteiger partial charge on any atom is 2.00 e. The molecule has 6 rings (SSSR count). The van der Waals surface area contributed by atoms with E-state index in [-0.39, 0.29) is 34.1 Å². The second-order valence-corrected chi connectivity index (χ2v) is 16.3. The van der Waals surface area contributed by atoms with Gasteiger partial charge in [-0.15, -0.1) is 11.8 Å². The Morgan fingerprint density at radius 2 is 0.962 bits per heavy atom. The molecule has 0 saturated heterocycles. The molecule has 0 aliphatic heterocycles. The molecule has 9 heteroatoms. The molecule has 0 aromatic heterocycles. The summed E-state index contributed by atoms with van der Waals surface area (Å²) in [6.07, 6.45) is 21.5. The molecule has 0 amide bonds. The smallest absolute Gasteiger partial charge is 0.390 e. The number of aliphatic hydroxyl groups excluding tert-OH is 2. The topological polar surface area (TPSA) is 71.7 Å². The van der Waals surface area contributed by atoms with Crippen LogP contribution in [0.3, 0.4) is 0 Å². The fourth-order valence-corrected chi connectivity index (χ4v) is 8.12. The Morgan fingerprint density at radius 1 is 0.604 bits per heavy atom. The van der Waals surface area contributed by atoms with Crippen molar-refractivity contribution in [2.45, 2.75) is 130 Å². The number of para-hydroxylation sites is 2. The third kappa shape index (κ3) is 18.5. The first-order valence-electron chi connectivity index (χ1n) is 19.7. The van der Waals surface area contributed by atoms with E-state index >= 15 is 0 Å². The van der Waals surface area contributed by atoms with Crippen molar-refractivity contribution in [3.63, 3.8) is 0 Å². The van der Waals surface area contributed by atoms with Crippen molar-refractivity contribution >= 4 is 35.6 Å². The summed E-state index contributed by atoms with van der Waals surface area (Å²) < 4.78 is 0. The van der Waals surface area contributed by atoms with Crippen molar-refractivity contribution in [3.8, 4) is 0 Å². The molecule has 4 fully saturated rings. The van der Waals surface area contributed by atoms with Crippen LogP contribution in [0.1, 0.15) is 118 Å². The summed E-state index contributed by atoms with van der Waals surface area (Å²) in [5.41, 5.74) is 1.94. The summed E-state index contributed by atoms with van der Waals surface area (Å²) in [5.74, 6) is 8.27. The van der Waals surface area contributed by atoms with E-state index in [1.54, 1.807) is 23.6 Å². The number of anilines is 2. The fourth-order valence-electron chi connectivity index (χ4n) is 7.23. The SMILES string of the molecule is C[C-]1CCCC1.C[C-]1CCCC1.C[C-]1CCCC1/C=N/N(CC(O)CSCC(O)CN(/N=C/C1CCC[C-]1C)c1ccccc1)c1ccccc1.[Fe+2].[Fe+2]. The minimum absolute atomic E-state index is 0. The summed E-state index contributed by atoms with van der Waals surface area (Å²) in [5, 5.41) is 35.1. The monoisotopic (exact) mass is 826 g/mol. The number of aliphatic hydroxyl groups is 2. The molecule has 0 heterocycles. The average Bonchev–Trinajstić information content (AvgIpc) is 3.98. The Hall–Kier alpha value is -1.31. The van der Waals surface area contributed by atoms with Gasteiger partial charge < -0.3 is 33.9 Å². The van der Waals surface area contributed by atoms with Crippen LogP contribution >= 0.6 is 11.8 Å². The normalized spacial score (nSPS) is 22.1. The van der Waals surface area contributed by atoms with E-state index < -0.39 is 12.2 Å². The maximum atomic E-state index is 10.9. The number of hydrazone groups is 2. The van der Waals surface area contributed by atoms with Gasteiger partial charge in [-0.1, -0.05) is 87.8 Å². The number of hydrogen-bond donors (Lipinski definition) is 2. The van der Waals surface area contributed by atoms with E-state index in [2.05, 4.69) is 27.7 Å². The Morgan fingerprint density at radius 3 is 1.25 bits per heavy atom. The van der Waals surface area contributed by atoms with Gasteiger partial charge >= 0.3 is 34.1 Å². The fraction of sp³-hybridized carbons (Fsp3) is 0.591. The molecule has 4 saturated carbocycles. The van der Waals surface area contributed by atoms with Gasteiger partial charge in [-0.3, -0.25) is 10.0 Å². The predicted octanol–water partition coefficient (Wildman–Crippen LogP) is 10.5. The van der Waals surface area contributed by atoms with Gasteiger partial charge in [-0.05, 0) is 36.7 Å². The first kappa shape index (κ1) is 47.8. The van der Waals surface area contributed by atoms with E-state index in [4.69, 9.17) is 10.2 Å². The summed E-state index contributed by atoms with van der Waals surface area (Å²) >= 11 is 1.57. The molecule has 0 radical (unpaired) electrons. The van der Waals surface area contributed by atoms with Crippen LogP contribution in [0.5, 0.6) is 0 Å². The maximum absolute atomic E-state index is 10.9. The van der Waals surface area contributed by atoms with Crippen LogP contribution in [0.2, 0.25) is 0 Å². The largest absolute Gasteiger partial charge is 2.00 e. The van der Waals surface area contributed by atoms with E-state index in [0.717, 1.165) is 24.2 Å².